The lowest BCUT2D eigenvalue weighted by Gasteiger charge is -2.04. The number of hydrogen-bond donors (Lipinski definition) is 1. The molecule has 0 aliphatic rings. The summed E-state index contributed by atoms with van der Waals surface area (Å²) >= 11 is 1.76. The van der Waals surface area contributed by atoms with E-state index in [0.717, 1.165) is 22.2 Å². The molecule has 1 heterocycles. The van der Waals surface area contributed by atoms with Crippen LogP contribution in [0.2, 0.25) is 0 Å². The summed E-state index contributed by atoms with van der Waals surface area (Å²) in [6, 6.07) is 12.2. The normalized spacial score (nSPS) is 10.5. The molecule has 0 amide bonds. The molecule has 1 aromatic heterocycles. The molecule has 0 aliphatic carbocycles. The number of nitrogen functional groups attached to an aromatic ring is 1. The molecule has 0 spiro atoms. The van der Waals surface area contributed by atoms with Crippen LogP contribution >= 0.6 is 11.8 Å². The Morgan fingerprint density at radius 2 is 1.82 bits per heavy atom. The molecule has 0 atom stereocenters. The number of aryl methyl sites for hydroxylation is 2. The number of nitrogens with two attached hydrogens (primary N) is 1. The molecule has 0 saturated carbocycles. The molecule has 0 radical (unpaired) electrons. The van der Waals surface area contributed by atoms with Gasteiger partial charge in [0.15, 0.2) is 0 Å². The van der Waals surface area contributed by atoms with E-state index in [1.165, 1.54) is 11.1 Å². The minimum absolute atomic E-state index is 0.809. The number of nitrogens with zero attached hydrogens (tertiary/aromatic N) is 1. The number of aromatic nitrogens is 1. The van der Waals surface area contributed by atoms with E-state index >= 15 is 0 Å². The third-order valence-corrected chi connectivity index (χ3v) is 3.42. The average Bonchev–Trinajstić information content (AvgIpc) is 2.27. The molecule has 1 aromatic carbocycles. The lowest BCUT2D eigenvalue weighted by atomic mass is 10.2. The number of hydrogen-bond acceptors (Lipinski definition) is 3. The maximum absolute atomic E-state index is 5.65. The predicted molar refractivity (Wildman–Crippen MR) is 74.1 cm³/mol. The van der Waals surface area contributed by atoms with Gasteiger partial charge in [0.2, 0.25) is 0 Å². The summed E-state index contributed by atoms with van der Waals surface area (Å²) in [4.78, 5) is 4.50. The summed E-state index contributed by atoms with van der Waals surface area (Å²) in [6.07, 6.45) is 0. The molecule has 88 valence electrons. The second-order valence-corrected chi connectivity index (χ2v) is 5.15. The van der Waals surface area contributed by atoms with Crippen LogP contribution in [0.15, 0.2) is 41.4 Å². The first-order valence-corrected chi connectivity index (χ1v) is 6.54. The fourth-order valence-electron chi connectivity index (χ4n) is 1.65. The van der Waals surface area contributed by atoms with Gasteiger partial charge in [0.1, 0.15) is 0 Å². The highest BCUT2D eigenvalue weighted by atomic mass is 32.2. The Hall–Kier alpha value is -1.48. The smallest absolute Gasteiger partial charge is 0.0968 e. The van der Waals surface area contributed by atoms with Gasteiger partial charge in [-0.3, -0.25) is 0 Å². The van der Waals surface area contributed by atoms with Gasteiger partial charge in [-0.1, -0.05) is 12.1 Å². The first kappa shape index (κ1) is 12.0. The van der Waals surface area contributed by atoms with Crippen LogP contribution in [0.5, 0.6) is 0 Å². The summed E-state index contributed by atoms with van der Waals surface area (Å²) in [5.74, 6) is 0.927. The third-order valence-electron chi connectivity index (χ3n) is 2.44. The van der Waals surface area contributed by atoms with Crippen molar-refractivity contribution in [3.8, 4) is 0 Å². The molecule has 0 bridgehead atoms. The molecular weight excluding hydrogens is 228 g/mol. The number of rotatable bonds is 3. The lowest BCUT2D eigenvalue weighted by Crippen LogP contribution is -1.89. The molecule has 0 saturated heterocycles. The number of benzene rings is 1. The van der Waals surface area contributed by atoms with Crippen LogP contribution in [0.1, 0.15) is 16.8 Å². The fraction of sp³-hybridized carbons (Fsp3) is 0.214. The molecular formula is C14H16N2S. The third kappa shape index (κ3) is 3.49. The van der Waals surface area contributed by atoms with Crippen LogP contribution in [-0.2, 0) is 5.75 Å². The van der Waals surface area contributed by atoms with Gasteiger partial charge in [0.05, 0.1) is 5.03 Å². The van der Waals surface area contributed by atoms with Gasteiger partial charge in [-0.05, 0) is 49.2 Å². The average molecular weight is 244 g/mol. The van der Waals surface area contributed by atoms with Gasteiger partial charge in [-0.2, -0.15) is 0 Å². The largest absolute Gasteiger partial charge is 0.399 e. The predicted octanol–water partition coefficient (Wildman–Crippen LogP) is 3.57. The van der Waals surface area contributed by atoms with Crippen molar-refractivity contribution in [1.29, 1.82) is 0 Å². The van der Waals surface area contributed by atoms with Crippen molar-refractivity contribution in [2.75, 3.05) is 5.73 Å². The Kier molecular flexibility index (Phi) is 3.69. The Balaban J connectivity index is 2.04. The van der Waals surface area contributed by atoms with Crippen LogP contribution in [0.25, 0.3) is 0 Å². The van der Waals surface area contributed by atoms with E-state index in [0.29, 0.717) is 0 Å². The molecule has 2 rings (SSSR count). The summed E-state index contributed by atoms with van der Waals surface area (Å²) in [6.45, 7) is 4.13. The summed E-state index contributed by atoms with van der Waals surface area (Å²) in [5, 5.41) is 1.08. The summed E-state index contributed by atoms with van der Waals surface area (Å²) < 4.78 is 0. The highest BCUT2D eigenvalue weighted by Crippen LogP contribution is 2.22. The van der Waals surface area contributed by atoms with Crippen molar-refractivity contribution in [1.82, 2.24) is 4.98 Å². The van der Waals surface area contributed by atoms with Crippen LogP contribution in [0.4, 0.5) is 5.69 Å². The maximum atomic E-state index is 5.65. The highest BCUT2D eigenvalue weighted by Gasteiger charge is 2.00. The maximum Gasteiger partial charge on any atom is 0.0968 e. The SMILES string of the molecule is Cc1cc(C)nc(SCc2ccc(N)cc2)c1. The zero-order valence-corrected chi connectivity index (χ0v) is 10.9. The monoisotopic (exact) mass is 244 g/mol. The van der Waals surface area contributed by atoms with Gasteiger partial charge in [0, 0.05) is 17.1 Å². The number of pyridine rings is 1. The Morgan fingerprint density at radius 3 is 2.47 bits per heavy atom. The van der Waals surface area contributed by atoms with E-state index in [-0.39, 0.29) is 0 Å². The molecule has 3 heteroatoms. The van der Waals surface area contributed by atoms with E-state index in [1.54, 1.807) is 11.8 Å². The Morgan fingerprint density at radius 1 is 1.12 bits per heavy atom. The first-order chi connectivity index (χ1) is 8.13. The van der Waals surface area contributed by atoms with Crippen molar-refractivity contribution in [2.24, 2.45) is 0 Å². The first-order valence-electron chi connectivity index (χ1n) is 5.56. The Labute approximate surface area is 106 Å². The van der Waals surface area contributed by atoms with Gasteiger partial charge >= 0.3 is 0 Å². The Bertz CT molecular complexity index is 486. The molecule has 2 nitrogen and oxygen atoms in total. The minimum Gasteiger partial charge on any atom is -0.399 e. The van der Waals surface area contributed by atoms with Crippen LogP contribution in [-0.4, -0.2) is 4.98 Å². The van der Waals surface area contributed by atoms with Crippen LogP contribution in [0.3, 0.4) is 0 Å². The summed E-state index contributed by atoms with van der Waals surface area (Å²) in [5.41, 5.74) is 10.1. The number of anilines is 1. The topological polar surface area (TPSA) is 38.9 Å². The van der Waals surface area contributed by atoms with Crippen molar-refractivity contribution in [2.45, 2.75) is 24.6 Å². The minimum atomic E-state index is 0.809. The van der Waals surface area contributed by atoms with E-state index < -0.39 is 0 Å². The van der Waals surface area contributed by atoms with Crippen molar-refractivity contribution in [3.05, 3.63) is 53.2 Å². The molecule has 2 aromatic rings. The molecule has 0 fully saturated rings. The van der Waals surface area contributed by atoms with Crippen molar-refractivity contribution >= 4 is 17.4 Å². The van der Waals surface area contributed by atoms with Crippen molar-refractivity contribution < 1.29 is 0 Å². The summed E-state index contributed by atoms with van der Waals surface area (Å²) in [7, 11) is 0. The van der Waals surface area contributed by atoms with Crippen LogP contribution in [0, 0.1) is 13.8 Å². The van der Waals surface area contributed by atoms with Gasteiger partial charge in [-0.15, -0.1) is 11.8 Å². The van der Waals surface area contributed by atoms with Crippen molar-refractivity contribution in [3.63, 3.8) is 0 Å². The molecule has 2 N–H and O–H groups in total. The highest BCUT2D eigenvalue weighted by molar-refractivity contribution is 7.98. The standard InChI is InChI=1S/C14H16N2S/c1-10-7-11(2)16-14(8-10)17-9-12-3-5-13(15)6-4-12/h3-8H,9,15H2,1-2H3. The van der Waals surface area contributed by atoms with E-state index in [2.05, 4.69) is 36.2 Å². The van der Waals surface area contributed by atoms with E-state index in [4.69, 9.17) is 5.73 Å². The van der Waals surface area contributed by atoms with Gasteiger partial charge < -0.3 is 5.73 Å². The molecule has 0 aliphatic heterocycles. The number of thioether (sulfide) groups is 1. The zero-order chi connectivity index (χ0) is 12.3. The second-order valence-electron chi connectivity index (χ2n) is 4.15. The molecule has 0 unspecified atom stereocenters. The molecule has 17 heavy (non-hydrogen) atoms. The lowest BCUT2D eigenvalue weighted by molar-refractivity contribution is 1.05. The fourth-order valence-corrected chi connectivity index (χ4v) is 2.63. The quantitative estimate of drug-likeness (QED) is 0.662. The van der Waals surface area contributed by atoms with E-state index in [1.807, 2.05) is 19.1 Å². The van der Waals surface area contributed by atoms with Crippen LogP contribution < -0.4 is 5.73 Å². The van der Waals surface area contributed by atoms with Gasteiger partial charge in [0.25, 0.3) is 0 Å². The van der Waals surface area contributed by atoms with Gasteiger partial charge in [-0.25, -0.2) is 4.98 Å². The second kappa shape index (κ2) is 5.23. The van der Waals surface area contributed by atoms with E-state index in [9.17, 15) is 0 Å². The zero-order valence-electron chi connectivity index (χ0n) is 10.1.